The summed E-state index contributed by atoms with van der Waals surface area (Å²) in [6.07, 6.45) is 5.47. The molecule has 0 atom stereocenters. The van der Waals surface area contributed by atoms with Crippen molar-refractivity contribution < 1.29 is 0 Å². The van der Waals surface area contributed by atoms with Crippen LogP contribution in [-0.2, 0) is 0 Å². The fourth-order valence-corrected chi connectivity index (χ4v) is 1.45. The predicted octanol–water partition coefficient (Wildman–Crippen LogP) is 3.48. The first-order valence-corrected chi connectivity index (χ1v) is 6.13. The maximum absolute atomic E-state index is 8.65. The van der Waals surface area contributed by atoms with Crippen LogP contribution in [0.3, 0.4) is 0 Å². The maximum atomic E-state index is 8.65. The lowest BCUT2D eigenvalue weighted by atomic mass is 10.2. The van der Waals surface area contributed by atoms with Gasteiger partial charge in [0, 0.05) is 11.6 Å². The summed E-state index contributed by atoms with van der Waals surface area (Å²) in [4.78, 5) is 4.31. The van der Waals surface area contributed by atoms with Crippen molar-refractivity contribution in [2.45, 2.75) is 13.8 Å². The molecule has 0 amide bonds. The summed E-state index contributed by atoms with van der Waals surface area (Å²) in [7, 11) is 0. The highest BCUT2D eigenvalue weighted by Gasteiger charge is 1.97. The van der Waals surface area contributed by atoms with Crippen LogP contribution in [0.25, 0.3) is 6.08 Å². The van der Waals surface area contributed by atoms with Gasteiger partial charge < -0.3 is 0 Å². The van der Waals surface area contributed by atoms with Crippen LogP contribution in [-0.4, -0.2) is 12.4 Å². The summed E-state index contributed by atoms with van der Waals surface area (Å²) in [5.74, 6) is 1.00. The van der Waals surface area contributed by atoms with Gasteiger partial charge in [-0.15, -0.1) is 0 Å². The Morgan fingerprint density at radius 3 is 2.83 bits per heavy atom. The second-order valence-corrected chi connectivity index (χ2v) is 4.62. The molecule has 4 heteroatoms. The van der Waals surface area contributed by atoms with Gasteiger partial charge in [0.1, 0.15) is 5.84 Å². The first-order valence-electron chi connectivity index (χ1n) is 5.75. The minimum Gasteiger partial charge on any atom is -0.277 e. The van der Waals surface area contributed by atoms with E-state index >= 15 is 0 Å². The van der Waals surface area contributed by atoms with Gasteiger partial charge in [-0.1, -0.05) is 43.6 Å². The summed E-state index contributed by atoms with van der Waals surface area (Å²) in [6.45, 7) is 4.83. The molecule has 0 aliphatic rings. The lowest BCUT2D eigenvalue weighted by Gasteiger charge is -2.02. The molecule has 1 aromatic rings. The van der Waals surface area contributed by atoms with E-state index in [1.54, 1.807) is 6.08 Å². The van der Waals surface area contributed by atoms with Crippen molar-refractivity contribution in [1.82, 2.24) is 5.32 Å². The molecule has 0 unspecified atom stereocenters. The number of amidine groups is 1. The van der Waals surface area contributed by atoms with E-state index < -0.39 is 0 Å². The van der Waals surface area contributed by atoms with Crippen molar-refractivity contribution in [3.63, 3.8) is 0 Å². The largest absolute Gasteiger partial charge is 0.277 e. The second kappa shape index (κ2) is 7.52. The number of aliphatic imine (C=N–C) groups is 1. The summed E-state index contributed by atoms with van der Waals surface area (Å²) in [5, 5.41) is 11.9. The number of halogens is 1. The summed E-state index contributed by atoms with van der Waals surface area (Å²) in [5.41, 5.74) is 0.899. The van der Waals surface area contributed by atoms with E-state index in [-0.39, 0.29) is 0 Å². The Hall–Kier alpha value is -1.79. The van der Waals surface area contributed by atoms with Gasteiger partial charge in [0.15, 0.2) is 6.19 Å². The monoisotopic (exact) mass is 261 g/mol. The van der Waals surface area contributed by atoms with Crippen LogP contribution in [0.1, 0.15) is 19.4 Å². The lowest BCUT2D eigenvalue weighted by Crippen LogP contribution is -2.16. The van der Waals surface area contributed by atoms with Crippen LogP contribution >= 0.6 is 11.6 Å². The first-order chi connectivity index (χ1) is 8.63. The van der Waals surface area contributed by atoms with Gasteiger partial charge in [0.2, 0.25) is 0 Å². The molecule has 0 radical (unpaired) electrons. The van der Waals surface area contributed by atoms with Crippen molar-refractivity contribution >= 4 is 23.5 Å². The molecule has 94 valence electrons. The van der Waals surface area contributed by atoms with Crippen molar-refractivity contribution in [2.24, 2.45) is 10.9 Å². The fraction of sp³-hybridized carbons (Fsp3) is 0.286. The Morgan fingerprint density at radius 2 is 2.22 bits per heavy atom. The molecule has 1 aromatic carbocycles. The van der Waals surface area contributed by atoms with Gasteiger partial charge in [-0.3, -0.25) is 10.3 Å². The Kier molecular flexibility index (Phi) is 5.96. The first kappa shape index (κ1) is 14.3. The highest BCUT2D eigenvalue weighted by molar-refractivity contribution is 6.32. The normalized spacial score (nSPS) is 11.8. The van der Waals surface area contributed by atoms with Gasteiger partial charge in [-0.2, -0.15) is 5.26 Å². The summed E-state index contributed by atoms with van der Waals surface area (Å²) < 4.78 is 0. The number of nitrogens with zero attached hydrogens (tertiary/aromatic N) is 2. The molecule has 0 aromatic heterocycles. The third-order valence-electron chi connectivity index (χ3n) is 2.14. The van der Waals surface area contributed by atoms with Crippen molar-refractivity contribution in [2.75, 3.05) is 6.54 Å². The van der Waals surface area contributed by atoms with Crippen molar-refractivity contribution in [3.05, 3.63) is 40.9 Å². The van der Waals surface area contributed by atoms with Crippen LogP contribution in [0.15, 0.2) is 35.3 Å². The number of rotatable bonds is 4. The van der Waals surface area contributed by atoms with Gasteiger partial charge in [-0.25, -0.2) is 0 Å². The van der Waals surface area contributed by atoms with E-state index in [4.69, 9.17) is 16.9 Å². The third-order valence-corrected chi connectivity index (χ3v) is 2.48. The van der Waals surface area contributed by atoms with E-state index in [2.05, 4.69) is 24.2 Å². The van der Waals surface area contributed by atoms with Crippen LogP contribution in [0, 0.1) is 17.4 Å². The Bertz CT molecular complexity index is 484. The minimum atomic E-state index is 0.453. The molecule has 18 heavy (non-hydrogen) atoms. The molecule has 0 heterocycles. The van der Waals surface area contributed by atoms with E-state index in [1.807, 2.05) is 36.5 Å². The number of benzene rings is 1. The highest BCUT2D eigenvalue weighted by Crippen LogP contribution is 2.16. The number of hydrogen-bond acceptors (Lipinski definition) is 2. The van der Waals surface area contributed by atoms with Crippen LogP contribution in [0.2, 0.25) is 5.02 Å². The van der Waals surface area contributed by atoms with Crippen molar-refractivity contribution in [1.29, 1.82) is 5.26 Å². The van der Waals surface area contributed by atoms with E-state index in [0.29, 0.717) is 23.3 Å². The Balaban J connectivity index is 2.81. The molecular formula is C14H16ClN3. The average Bonchev–Trinajstić information content (AvgIpc) is 2.34. The van der Waals surface area contributed by atoms with Gasteiger partial charge in [0.05, 0.1) is 0 Å². The minimum absolute atomic E-state index is 0.453. The number of nitrogens with one attached hydrogen (secondary N) is 1. The zero-order valence-electron chi connectivity index (χ0n) is 10.5. The molecule has 0 fully saturated rings. The average molecular weight is 262 g/mol. The number of hydrogen-bond donors (Lipinski definition) is 1. The zero-order valence-corrected chi connectivity index (χ0v) is 11.3. The molecule has 3 nitrogen and oxygen atoms in total. The van der Waals surface area contributed by atoms with E-state index in [1.165, 1.54) is 0 Å². The second-order valence-electron chi connectivity index (χ2n) is 4.21. The van der Waals surface area contributed by atoms with Crippen molar-refractivity contribution in [3.8, 4) is 6.19 Å². The molecule has 0 saturated carbocycles. The molecule has 0 aliphatic heterocycles. The topological polar surface area (TPSA) is 48.2 Å². The lowest BCUT2D eigenvalue weighted by molar-refractivity contribution is 0.664. The molecule has 0 spiro atoms. The van der Waals surface area contributed by atoms with Crippen LogP contribution in [0.4, 0.5) is 0 Å². The van der Waals surface area contributed by atoms with Gasteiger partial charge in [-0.05, 0) is 29.7 Å². The zero-order chi connectivity index (χ0) is 13.4. The molecule has 1 rings (SSSR count). The quantitative estimate of drug-likeness (QED) is 0.390. The number of nitriles is 1. The summed E-state index contributed by atoms with van der Waals surface area (Å²) >= 11 is 6.04. The van der Waals surface area contributed by atoms with Crippen LogP contribution in [0.5, 0.6) is 0 Å². The van der Waals surface area contributed by atoms with Gasteiger partial charge in [0.25, 0.3) is 0 Å². The molecule has 1 N–H and O–H groups in total. The predicted molar refractivity (Wildman–Crippen MR) is 76.4 cm³/mol. The Morgan fingerprint density at radius 1 is 1.50 bits per heavy atom. The maximum Gasteiger partial charge on any atom is 0.182 e. The Labute approximate surface area is 113 Å². The third kappa shape index (κ3) is 5.03. The molecule has 0 bridgehead atoms. The smallest absolute Gasteiger partial charge is 0.182 e. The standard InChI is InChI=1S/C14H16ClN3/c1-11(2)9-17-14(18-10-16)8-7-12-5-3-4-6-13(12)15/h3-8,11H,9H2,1-2H3,(H,17,18). The fourth-order valence-electron chi connectivity index (χ4n) is 1.25. The van der Waals surface area contributed by atoms with Crippen LogP contribution < -0.4 is 5.32 Å². The SMILES string of the molecule is CC(C)CN=C(C=Cc1ccccc1Cl)NC#N. The van der Waals surface area contributed by atoms with Gasteiger partial charge >= 0.3 is 0 Å². The summed E-state index contributed by atoms with van der Waals surface area (Å²) in [6, 6.07) is 7.52. The highest BCUT2D eigenvalue weighted by atomic mass is 35.5. The molecule has 0 saturated heterocycles. The van der Waals surface area contributed by atoms with E-state index in [0.717, 1.165) is 5.56 Å². The molecule has 0 aliphatic carbocycles. The van der Waals surface area contributed by atoms with E-state index in [9.17, 15) is 0 Å². The molecular weight excluding hydrogens is 246 g/mol.